The van der Waals surface area contributed by atoms with Gasteiger partial charge in [-0.25, -0.2) is 0 Å². The molecule has 0 aliphatic heterocycles. The van der Waals surface area contributed by atoms with Crippen LogP contribution in [-0.4, -0.2) is 49.1 Å². The van der Waals surface area contributed by atoms with Crippen molar-refractivity contribution in [1.82, 2.24) is 9.88 Å². The van der Waals surface area contributed by atoms with E-state index in [0.717, 1.165) is 0 Å². The number of likely N-dealkylation sites (N-methyl/N-ethyl adjacent to an activating group) is 2. The standard InChI is InChI=1S/C14H24N4O2/c1-5-18(6-2)13(19)10-17(4)12-9-8-11(15)14(16-12)20-7-3/h8-9H,5-7,10,15H2,1-4H3. The van der Waals surface area contributed by atoms with Crippen molar-refractivity contribution in [2.45, 2.75) is 20.8 Å². The van der Waals surface area contributed by atoms with Gasteiger partial charge >= 0.3 is 0 Å². The van der Waals surface area contributed by atoms with E-state index in [-0.39, 0.29) is 12.5 Å². The molecule has 0 saturated carbocycles. The highest BCUT2D eigenvalue weighted by Crippen LogP contribution is 2.22. The second-order valence-corrected chi connectivity index (χ2v) is 4.42. The number of hydrogen-bond acceptors (Lipinski definition) is 5. The quantitative estimate of drug-likeness (QED) is 0.816. The summed E-state index contributed by atoms with van der Waals surface area (Å²) in [4.78, 5) is 20.0. The van der Waals surface area contributed by atoms with Crippen molar-refractivity contribution in [1.29, 1.82) is 0 Å². The predicted octanol–water partition coefficient (Wildman–Crippen LogP) is 1.37. The van der Waals surface area contributed by atoms with Crippen LogP contribution in [0, 0.1) is 0 Å². The Hall–Kier alpha value is -1.98. The molecule has 0 bridgehead atoms. The van der Waals surface area contributed by atoms with Crippen molar-refractivity contribution in [3.8, 4) is 5.88 Å². The Balaban J connectivity index is 2.79. The molecule has 0 fully saturated rings. The van der Waals surface area contributed by atoms with E-state index < -0.39 is 0 Å². The monoisotopic (exact) mass is 280 g/mol. The SMILES string of the molecule is CCOc1nc(N(C)CC(=O)N(CC)CC)ccc1N. The van der Waals surface area contributed by atoms with Gasteiger partial charge in [0.25, 0.3) is 0 Å². The molecule has 0 aromatic carbocycles. The number of nitrogens with two attached hydrogens (primary N) is 1. The number of hydrogen-bond donors (Lipinski definition) is 1. The lowest BCUT2D eigenvalue weighted by molar-refractivity contribution is -0.129. The van der Waals surface area contributed by atoms with E-state index in [9.17, 15) is 4.79 Å². The molecule has 1 aromatic rings. The molecule has 6 nitrogen and oxygen atoms in total. The summed E-state index contributed by atoms with van der Waals surface area (Å²) >= 11 is 0. The Morgan fingerprint density at radius 1 is 1.30 bits per heavy atom. The molecule has 0 spiro atoms. The number of nitrogen functional groups attached to an aromatic ring is 1. The molecule has 0 aliphatic rings. The van der Waals surface area contributed by atoms with Gasteiger partial charge in [0.1, 0.15) is 5.82 Å². The maximum atomic E-state index is 12.1. The molecular formula is C14H24N4O2. The van der Waals surface area contributed by atoms with Gasteiger partial charge in [0.15, 0.2) is 0 Å². The molecule has 20 heavy (non-hydrogen) atoms. The van der Waals surface area contributed by atoms with Gasteiger partial charge in [0.05, 0.1) is 18.8 Å². The van der Waals surface area contributed by atoms with Gasteiger partial charge in [0.2, 0.25) is 11.8 Å². The van der Waals surface area contributed by atoms with Crippen LogP contribution < -0.4 is 15.4 Å². The molecule has 6 heteroatoms. The number of ether oxygens (including phenoxy) is 1. The maximum Gasteiger partial charge on any atom is 0.242 e. The zero-order valence-electron chi connectivity index (χ0n) is 12.7. The second-order valence-electron chi connectivity index (χ2n) is 4.42. The summed E-state index contributed by atoms with van der Waals surface area (Å²) in [6.45, 7) is 8.02. The van der Waals surface area contributed by atoms with Crippen molar-refractivity contribution in [3.05, 3.63) is 12.1 Å². The topological polar surface area (TPSA) is 71.7 Å². The fourth-order valence-electron chi connectivity index (χ4n) is 1.87. The molecule has 0 unspecified atom stereocenters. The molecule has 1 rings (SSSR count). The minimum absolute atomic E-state index is 0.0779. The van der Waals surface area contributed by atoms with Crippen LogP contribution in [0.3, 0.4) is 0 Å². The third-order valence-electron chi connectivity index (χ3n) is 3.04. The van der Waals surface area contributed by atoms with Crippen molar-refractivity contribution in [2.75, 3.05) is 43.9 Å². The van der Waals surface area contributed by atoms with E-state index in [1.165, 1.54) is 0 Å². The molecule has 0 radical (unpaired) electrons. The molecule has 0 saturated heterocycles. The minimum atomic E-state index is 0.0779. The summed E-state index contributed by atoms with van der Waals surface area (Å²) in [5.74, 6) is 1.16. The highest BCUT2D eigenvalue weighted by atomic mass is 16.5. The van der Waals surface area contributed by atoms with Gasteiger partial charge < -0.3 is 20.3 Å². The van der Waals surface area contributed by atoms with Crippen LogP contribution >= 0.6 is 0 Å². The number of carbonyl (C=O) groups is 1. The van der Waals surface area contributed by atoms with E-state index in [0.29, 0.717) is 37.1 Å². The average Bonchev–Trinajstić information content (AvgIpc) is 2.42. The summed E-state index contributed by atoms with van der Waals surface area (Å²) in [5, 5.41) is 0. The summed E-state index contributed by atoms with van der Waals surface area (Å²) in [7, 11) is 1.83. The molecule has 0 aliphatic carbocycles. The number of aromatic nitrogens is 1. The predicted molar refractivity (Wildman–Crippen MR) is 81.0 cm³/mol. The van der Waals surface area contributed by atoms with Gasteiger partial charge in [-0.3, -0.25) is 4.79 Å². The Labute approximate surface area is 120 Å². The Kier molecular flexibility index (Phi) is 6.09. The van der Waals surface area contributed by atoms with Crippen molar-refractivity contribution in [3.63, 3.8) is 0 Å². The first-order chi connectivity index (χ1) is 9.53. The fourth-order valence-corrected chi connectivity index (χ4v) is 1.87. The van der Waals surface area contributed by atoms with Gasteiger partial charge in [-0.1, -0.05) is 0 Å². The lowest BCUT2D eigenvalue weighted by atomic mass is 10.3. The molecule has 2 N–H and O–H groups in total. The van der Waals surface area contributed by atoms with E-state index in [1.54, 1.807) is 21.9 Å². The van der Waals surface area contributed by atoms with Crippen LogP contribution in [0.15, 0.2) is 12.1 Å². The molecule has 112 valence electrons. The van der Waals surface area contributed by atoms with Crippen molar-refractivity contribution < 1.29 is 9.53 Å². The van der Waals surface area contributed by atoms with E-state index >= 15 is 0 Å². The fraction of sp³-hybridized carbons (Fsp3) is 0.571. The zero-order chi connectivity index (χ0) is 15.1. The number of carbonyl (C=O) groups excluding carboxylic acids is 1. The van der Waals surface area contributed by atoms with Crippen LogP contribution in [0.4, 0.5) is 11.5 Å². The third-order valence-corrected chi connectivity index (χ3v) is 3.04. The highest BCUT2D eigenvalue weighted by molar-refractivity contribution is 5.81. The van der Waals surface area contributed by atoms with Gasteiger partial charge in [-0.2, -0.15) is 4.98 Å². The van der Waals surface area contributed by atoms with Crippen molar-refractivity contribution in [2.24, 2.45) is 0 Å². The summed E-state index contributed by atoms with van der Waals surface area (Å²) in [5.41, 5.74) is 6.29. The normalized spacial score (nSPS) is 10.2. The van der Waals surface area contributed by atoms with Crippen LogP contribution in [0.1, 0.15) is 20.8 Å². The van der Waals surface area contributed by atoms with Crippen LogP contribution in [-0.2, 0) is 4.79 Å². The Bertz CT molecular complexity index is 447. The van der Waals surface area contributed by atoms with E-state index in [4.69, 9.17) is 10.5 Å². The first kappa shape index (κ1) is 16.1. The van der Waals surface area contributed by atoms with Crippen LogP contribution in [0.25, 0.3) is 0 Å². The van der Waals surface area contributed by atoms with Gasteiger partial charge in [-0.15, -0.1) is 0 Å². The summed E-state index contributed by atoms with van der Waals surface area (Å²) in [6.07, 6.45) is 0. The number of rotatable bonds is 7. The van der Waals surface area contributed by atoms with E-state index in [2.05, 4.69) is 4.98 Å². The second kappa shape index (κ2) is 7.57. The van der Waals surface area contributed by atoms with Crippen LogP contribution in [0.5, 0.6) is 5.88 Å². The molecular weight excluding hydrogens is 256 g/mol. The number of anilines is 2. The van der Waals surface area contributed by atoms with Gasteiger partial charge in [0, 0.05) is 20.1 Å². The van der Waals surface area contributed by atoms with Gasteiger partial charge in [-0.05, 0) is 32.9 Å². The molecule has 1 heterocycles. The smallest absolute Gasteiger partial charge is 0.242 e. The Morgan fingerprint density at radius 3 is 2.50 bits per heavy atom. The molecule has 1 aromatic heterocycles. The average molecular weight is 280 g/mol. The van der Waals surface area contributed by atoms with E-state index in [1.807, 2.05) is 27.8 Å². The first-order valence-corrected chi connectivity index (χ1v) is 6.91. The molecule has 0 atom stereocenters. The van der Waals surface area contributed by atoms with Crippen LogP contribution in [0.2, 0.25) is 0 Å². The Morgan fingerprint density at radius 2 is 1.95 bits per heavy atom. The highest BCUT2D eigenvalue weighted by Gasteiger charge is 2.14. The lowest BCUT2D eigenvalue weighted by Crippen LogP contribution is -2.39. The summed E-state index contributed by atoms with van der Waals surface area (Å²) < 4.78 is 5.36. The number of nitrogens with zero attached hydrogens (tertiary/aromatic N) is 3. The lowest BCUT2D eigenvalue weighted by Gasteiger charge is -2.24. The third kappa shape index (κ3) is 4.01. The molecule has 1 amide bonds. The maximum absolute atomic E-state index is 12.1. The van der Waals surface area contributed by atoms with Crippen molar-refractivity contribution >= 4 is 17.4 Å². The minimum Gasteiger partial charge on any atom is -0.476 e. The number of pyridine rings is 1. The largest absolute Gasteiger partial charge is 0.476 e. The summed E-state index contributed by atoms with van der Waals surface area (Å²) in [6, 6.07) is 3.53. The zero-order valence-corrected chi connectivity index (χ0v) is 12.7. The first-order valence-electron chi connectivity index (χ1n) is 6.91. The number of amides is 1.